The van der Waals surface area contributed by atoms with E-state index in [9.17, 15) is 14.4 Å². The molecule has 39 heavy (non-hydrogen) atoms. The molecule has 0 saturated heterocycles. The van der Waals surface area contributed by atoms with E-state index in [0.29, 0.717) is 29.8 Å². The number of anilines is 3. The molecule has 198 valence electrons. The monoisotopic (exact) mass is 520 g/mol. The van der Waals surface area contributed by atoms with Crippen molar-refractivity contribution in [3.63, 3.8) is 0 Å². The Labute approximate surface area is 228 Å². The van der Waals surface area contributed by atoms with Crippen LogP contribution in [-0.2, 0) is 16.0 Å². The second-order valence-corrected chi connectivity index (χ2v) is 9.20. The number of carbonyl (C=O) groups is 3. The average Bonchev–Trinajstić information content (AvgIpc) is 2.97. The van der Waals surface area contributed by atoms with Crippen molar-refractivity contribution < 1.29 is 14.4 Å². The van der Waals surface area contributed by atoms with Crippen LogP contribution in [0.15, 0.2) is 109 Å². The van der Waals surface area contributed by atoms with Gasteiger partial charge in [-0.05, 0) is 66.9 Å². The molecule has 0 aliphatic heterocycles. The van der Waals surface area contributed by atoms with Crippen LogP contribution in [0.3, 0.4) is 0 Å². The van der Waals surface area contributed by atoms with E-state index in [0.717, 1.165) is 16.8 Å². The van der Waals surface area contributed by atoms with E-state index >= 15 is 0 Å². The molecule has 4 rings (SSSR count). The Morgan fingerprint density at radius 2 is 1.31 bits per heavy atom. The van der Waals surface area contributed by atoms with Crippen molar-refractivity contribution in [3.05, 3.63) is 126 Å². The maximum Gasteiger partial charge on any atom is 0.251 e. The molecule has 0 aliphatic carbocycles. The molecule has 0 spiro atoms. The smallest absolute Gasteiger partial charge is 0.251 e. The lowest BCUT2D eigenvalue weighted by Gasteiger charge is -2.15. The first-order valence-corrected chi connectivity index (χ1v) is 12.9. The number of rotatable bonds is 11. The fourth-order valence-electron chi connectivity index (χ4n) is 4.03. The van der Waals surface area contributed by atoms with Crippen LogP contribution < -0.4 is 21.3 Å². The van der Waals surface area contributed by atoms with Gasteiger partial charge in [-0.15, -0.1) is 0 Å². The summed E-state index contributed by atoms with van der Waals surface area (Å²) in [4.78, 5) is 37.4. The molecule has 4 aromatic rings. The molecule has 0 fully saturated rings. The SMILES string of the molecule is CC(NC(=O)c1cccc(NC(=O)CNc2ccc(NC(=O)CCc3ccccc3)cc2)c1)c1ccccc1. The summed E-state index contributed by atoms with van der Waals surface area (Å²) in [6, 6.07) is 33.5. The van der Waals surface area contributed by atoms with Crippen LogP contribution in [0, 0.1) is 0 Å². The lowest BCUT2D eigenvalue weighted by molar-refractivity contribution is -0.116. The molecule has 1 unspecified atom stereocenters. The summed E-state index contributed by atoms with van der Waals surface area (Å²) in [5.41, 5.74) is 4.58. The van der Waals surface area contributed by atoms with Crippen molar-refractivity contribution in [1.82, 2.24) is 5.32 Å². The van der Waals surface area contributed by atoms with E-state index < -0.39 is 0 Å². The molecule has 0 aliphatic rings. The van der Waals surface area contributed by atoms with Gasteiger partial charge in [-0.1, -0.05) is 66.7 Å². The lowest BCUT2D eigenvalue weighted by atomic mass is 10.1. The Morgan fingerprint density at radius 1 is 0.667 bits per heavy atom. The summed E-state index contributed by atoms with van der Waals surface area (Å²) in [6.07, 6.45) is 1.08. The number of hydrogen-bond acceptors (Lipinski definition) is 4. The first kappa shape index (κ1) is 27.1. The summed E-state index contributed by atoms with van der Waals surface area (Å²) in [5, 5.41) is 11.8. The van der Waals surface area contributed by atoms with Gasteiger partial charge in [-0.25, -0.2) is 0 Å². The van der Waals surface area contributed by atoms with E-state index in [1.54, 1.807) is 48.5 Å². The number of hydrogen-bond donors (Lipinski definition) is 4. The molecule has 0 bridgehead atoms. The van der Waals surface area contributed by atoms with Gasteiger partial charge in [0.15, 0.2) is 0 Å². The van der Waals surface area contributed by atoms with Crippen molar-refractivity contribution in [2.24, 2.45) is 0 Å². The van der Waals surface area contributed by atoms with Crippen molar-refractivity contribution >= 4 is 34.8 Å². The highest BCUT2D eigenvalue weighted by molar-refractivity contribution is 5.98. The normalized spacial score (nSPS) is 11.2. The molecule has 7 nitrogen and oxygen atoms in total. The van der Waals surface area contributed by atoms with Crippen LogP contribution >= 0.6 is 0 Å². The van der Waals surface area contributed by atoms with E-state index in [4.69, 9.17) is 0 Å². The Hall–Kier alpha value is -4.91. The predicted molar refractivity (Wildman–Crippen MR) is 156 cm³/mol. The van der Waals surface area contributed by atoms with Crippen LogP contribution in [0.4, 0.5) is 17.1 Å². The summed E-state index contributed by atoms with van der Waals surface area (Å²) < 4.78 is 0. The molecule has 7 heteroatoms. The van der Waals surface area contributed by atoms with Gasteiger partial charge in [0.1, 0.15) is 0 Å². The number of carbonyl (C=O) groups excluding carboxylic acids is 3. The minimum absolute atomic E-state index is 0.0459. The molecule has 0 saturated carbocycles. The van der Waals surface area contributed by atoms with Crippen LogP contribution in [0.1, 0.15) is 40.9 Å². The molecule has 4 aromatic carbocycles. The third-order valence-electron chi connectivity index (χ3n) is 6.16. The molecule has 0 radical (unpaired) electrons. The van der Waals surface area contributed by atoms with Crippen molar-refractivity contribution in [3.8, 4) is 0 Å². The number of benzene rings is 4. The quantitative estimate of drug-likeness (QED) is 0.201. The van der Waals surface area contributed by atoms with Gasteiger partial charge in [0.05, 0.1) is 12.6 Å². The summed E-state index contributed by atoms with van der Waals surface area (Å²) in [6.45, 7) is 1.97. The Morgan fingerprint density at radius 3 is 2.03 bits per heavy atom. The fraction of sp³-hybridized carbons (Fsp3) is 0.156. The minimum Gasteiger partial charge on any atom is -0.376 e. The molecule has 4 N–H and O–H groups in total. The minimum atomic E-state index is -0.247. The average molecular weight is 521 g/mol. The van der Waals surface area contributed by atoms with Gasteiger partial charge in [-0.3, -0.25) is 14.4 Å². The number of amides is 3. The zero-order valence-electron chi connectivity index (χ0n) is 21.8. The van der Waals surface area contributed by atoms with Crippen molar-refractivity contribution in [2.45, 2.75) is 25.8 Å². The highest BCUT2D eigenvalue weighted by Crippen LogP contribution is 2.16. The van der Waals surface area contributed by atoms with Crippen molar-refractivity contribution in [1.29, 1.82) is 0 Å². The van der Waals surface area contributed by atoms with Gasteiger partial charge < -0.3 is 21.3 Å². The van der Waals surface area contributed by atoms with Gasteiger partial charge in [0, 0.05) is 29.0 Å². The third-order valence-corrected chi connectivity index (χ3v) is 6.16. The Bertz CT molecular complexity index is 1390. The number of aryl methyl sites for hydroxylation is 1. The van der Waals surface area contributed by atoms with E-state index in [2.05, 4.69) is 21.3 Å². The first-order chi connectivity index (χ1) is 19.0. The molecular weight excluding hydrogens is 488 g/mol. The number of nitrogens with one attached hydrogen (secondary N) is 4. The van der Waals surface area contributed by atoms with Crippen LogP contribution in [-0.4, -0.2) is 24.3 Å². The molecule has 0 aromatic heterocycles. The molecule has 3 amide bonds. The second kappa shape index (κ2) is 13.6. The summed E-state index contributed by atoms with van der Waals surface area (Å²) in [5.74, 6) is -0.513. The Balaban J connectivity index is 1.22. The fourth-order valence-corrected chi connectivity index (χ4v) is 4.03. The van der Waals surface area contributed by atoms with Gasteiger partial charge in [0.2, 0.25) is 11.8 Å². The topological polar surface area (TPSA) is 99.3 Å². The Kier molecular flexibility index (Phi) is 9.45. The van der Waals surface area contributed by atoms with Gasteiger partial charge in [-0.2, -0.15) is 0 Å². The van der Waals surface area contributed by atoms with E-state index in [-0.39, 0.29) is 30.3 Å². The standard InChI is InChI=1S/C32H32N4O3/c1-23(25-11-6-3-7-12-25)34-32(39)26-13-8-14-29(21-26)36-31(38)22-33-27-16-18-28(19-17-27)35-30(37)20-15-24-9-4-2-5-10-24/h2-14,16-19,21,23,33H,15,20,22H2,1H3,(H,34,39)(H,35,37)(H,36,38). The highest BCUT2D eigenvalue weighted by Gasteiger charge is 2.12. The summed E-state index contributed by atoms with van der Waals surface area (Å²) >= 11 is 0. The van der Waals surface area contributed by atoms with Gasteiger partial charge in [0.25, 0.3) is 5.91 Å². The molecular formula is C32H32N4O3. The van der Waals surface area contributed by atoms with Crippen LogP contribution in [0.25, 0.3) is 0 Å². The van der Waals surface area contributed by atoms with Gasteiger partial charge >= 0.3 is 0 Å². The molecule has 1 atom stereocenters. The zero-order valence-corrected chi connectivity index (χ0v) is 21.8. The maximum atomic E-state index is 12.7. The first-order valence-electron chi connectivity index (χ1n) is 12.9. The third kappa shape index (κ3) is 8.57. The van der Waals surface area contributed by atoms with E-state index in [1.807, 2.05) is 67.6 Å². The zero-order chi connectivity index (χ0) is 27.5. The largest absolute Gasteiger partial charge is 0.376 e. The lowest BCUT2D eigenvalue weighted by Crippen LogP contribution is -2.27. The van der Waals surface area contributed by atoms with Crippen molar-refractivity contribution in [2.75, 3.05) is 22.5 Å². The summed E-state index contributed by atoms with van der Waals surface area (Å²) in [7, 11) is 0. The maximum absolute atomic E-state index is 12.7. The predicted octanol–water partition coefficient (Wildman–Crippen LogP) is 5.80. The highest BCUT2D eigenvalue weighted by atomic mass is 16.2. The van der Waals surface area contributed by atoms with Crippen LogP contribution in [0.2, 0.25) is 0 Å². The molecule has 0 heterocycles. The van der Waals surface area contributed by atoms with E-state index in [1.165, 1.54) is 0 Å². The van der Waals surface area contributed by atoms with Crippen LogP contribution in [0.5, 0.6) is 0 Å². The second-order valence-electron chi connectivity index (χ2n) is 9.20.